The Morgan fingerprint density at radius 3 is 2.74 bits per heavy atom. The van der Waals surface area contributed by atoms with Crippen LogP contribution in [-0.2, 0) is 11.8 Å². The van der Waals surface area contributed by atoms with Crippen molar-refractivity contribution in [3.63, 3.8) is 0 Å². The second-order valence-corrected chi connectivity index (χ2v) is 7.79. The first-order valence-corrected chi connectivity index (χ1v) is 10.1. The third kappa shape index (κ3) is 4.11. The molecule has 0 atom stereocenters. The number of nitrogens with zero attached hydrogens (tertiary/aromatic N) is 5. The van der Waals surface area contributed by atoms with Gasteiger partial charge in [-0.05, 0) is 37.6 Å². The van der Waals surface area contributed by atoms with Gasteiger partial charge < -0.3 is 10.1 Å². The second kappa shape index (κ2) is 8.17. The van der Waals surface area contributed by atoms with Crippen LogP contribution in [0.3, 0.4) is 0 Å². The molecule has 0 bridgehead atoms. The first kappa shape index (κ1) is 20.5. The zero-order valence-corrected chi connectivity index (χ0v) is 18.2. The number of hydrogen-bond acceptors (Lipinski definition) is 6. The van der Waals surface area contributed by atoms with Gasteiger partial charge in [0.1, 0.15) is 5.82 Å². The molecule has 1 amide bonds. The minimum Gasteiger partial charge on any atom is -0.466 e. The molecule has 0 spiro atoms. The molecule has 4 rings (SSSR count). The maximum atomic E-state index is 12.6. The molecule has 0 unspecified atom stereocenters. The summed E-state index contributed by atoms with van der Waals surface area (Å²) >= 11 is 0. The molecular weight excluding hydrogens is 394 g/mol. The number of aryl methyl sites for hydroxylation is 3. The molecular formula is C22H25N7O2. The van der Waals surface area contributed by atoms with Crippen LogP contribution in [0.2, 0.25) is 0 Å². The topological polar surface area (TPSA) is 111 Å². The number of nitrogens with one attached hydrogen (secondary N) is 2. The summed E-state index contributed by atoms with van der Waals surface area (Å²) in [6.45, 7) is 7.80. The summed E-state index contributed by atoms with van der Waals surface area (Å²) in [7, 11) is 1.81. The third-order valence-corrected chi connectivity index (χ3v) is 4.92. The van der Waals surface area contributed by atoms with E-state index in [-0.39, 0.29) is 18.4 Å². The number of fused-ring (bicyclic) bond motifs is 1. The predicted octanol–water partition coefficient (Wildman–Crippen LogP) is 3.51. The van der Waals surface area contributed by atoms with Gasteiger partial charge in [-0.1, -0.05) is 26.0 Å². The summed E-state index contributed by atoms with van der Waals surface area (Å²) in [5.74, 6) is 1.64. The Kier molecular flexibility index (Phi) is 5.41. The Morgan fingerprint density at radius 2 is 2.00 bits per heavy atom. The standard InChI is InChI=1S/C22H25N7O2/c1-12(2)19-25-20(27-26-19)15-8-6-7-9-16(15)24-17(30)11-31-22-18-13(3)10-14(4)23-21(18)29(5)28-22/h6-10,12H,11H2,1-5H3,(H,24,30)(H,25,26,27). The molecule has 31 heavy (non-hydrogen) atoms. The molecule has 2 N–H and O–H groups in total. The van der Waals surface area contributed by atoms with E-state index >= 15 is 0 Å². The van der Waals surface area contributed by atoms with Crippen LogP contribution in [-0.4, -0.2) is 42.5 Å². The van der Waals surface area contributed by atoms with Gasteiger partial charge in [-0.25, -0.2) is 14.6 Å². The molecule has 0 aliphatic heterocycles. The van der Waals surface area contributed by atoms with Gasteiger partial charge in [0, 0.05) is 24.2 Å². The molecule has 0 saturated carbocycles. The minimum atomic E-state index is -0.302. The van der Waals surface area contributed by atoms with Gasteiger partial charge >= 0.3 is 0 Å². The highest BCUT2D eigenvalue weighted by atomic mass is 16.5. The number of para-hydroxylation sites is 1. The maximum Gasteiger partial charge on any atom is 0.262 e. The maximum absolute atomic E-state index is 12.6. The molecule has 1 aromatic carbocycles. The average Bonchev–Trinajstić information content (AvgIpc) is 3.32. The van der Waals surface area contributed by atoms with Crippen molar-refractivity contribution < 1.29 is 9.53 Å². The van der Waals surface area contributed by atoms with Crippen LogP contribution in [0, 0.1) is 13.8 Å². The number of ether oxygens (including phenoxy) is 1. The summed E-state index contributed by atoms with van der Waals surface area (Å²) in [4.78, 5) is 21.7. The number of aromatic nitrogens is 6. The van der Waals surface area contributed by atoms with Crippen LogP contribution >= 0.6 is 0 Å². The van der Waals surface area contributed by atoms with Crippen molar-refractivity contribution in [1.29, 1.82) is 0 Å². The van der Waals surface area contributed by atoms with E-state index in [4.69, 9.17) is 4.74 Å². The molecule has 0 fully saturated rings. The predicted molar refractivity (Wildman–Crippen MR) is 118 cm³/mol. The van der Waals surface area contributed by atoms with E-state index < -0.39 is 0 Å². The number of pyridine rings is 1. The lowest BCUT2D eigenvalue weighted by molar-refractivity contribution is -0.118. The van der Waals surface area contributed by atoms with E-state index in [1.54, 1.807) is 11.7 Å². The van der Waals surface area contributed by atoms with Gasteiger partial charge in [-0.15, -0.1) is 5.10 Å². The first-order chi connectivity index (χ1) is 14.8. The van der Waals surface area contributed by atoms with Gasteiger partial charge in [0.25, 0.3) is 5.91 Å². The van der Waals surface area contributed by atoms with E-state index in [1.807, 2.05) is 58.0 Å². The number of rotatable bonds is 6. The van der Waals surface area contributed by atoms with Crippen molar-refractivity contribution in [3.8, 4) is 17.3 Å². The number of anilines is 1. The normalized spacial score (nSPS) is 11.3. The molecule has 0 aliphatic carbocycles. The molecule has 9 heteroatoms. The third-order valence-electron chi connectivity index (χ3n) is 4.92. The number of benzene rings is 1. The van der Waals surface area contributed by atoms with Crippen molar-refractivity contribution in [2.45, 2.75) is 33.6 Å². The molecule has 4 aromatic rings. The van der Waals surface area contributed by atoms with Crippen molar-refractivity contribution in [1.82, 2.24) is 29.9 Å². The summed E-state index contributed by atoms with van der Waals surface area (Å²) in [5, 5.41) is 15.3. The summed E-state index contributed by atoms with van der Waals surface area (Å²) in [6.07, 6.45) is 0. The number of hydrogen-bond donors (Lipinski definition) is 2. The largest absolute Gasteiger partial charge is 0.466 e. The second-order valence-electron chi connectivity index (χ2n) is 7.79. The van der Waals surface area contributed by atoms with E-state index in [2.05, 4.69) is 30.6 Å². The summed E-state index contributed by atoms with van der Waals surface area (Å²) in [6, 6.07) is 9.37. The fourth-order valence-corrected chi connectivity index (χ4v) is 3.41. The lowest BCUT2D eigenvalue weighted by Gasteiger charge is -2.09. The molecule has 160 valence electrons. The van der Waals surface area contributed by atoms with Crippen LogP contribution in [0.5, 0.6) is 5.88 Å². The van der Waals surface area contributed by atoms with Crippen molar-refractivity contribution in [2.24, 2.45) is 7.05 Å². The number of amides is 1. The summed E-state index contributed by atoms with van der Waals surface area (Å²) in [5.41, 5.74) is 3.98. The Hall–Kier alpha value is -3.75. The molecule has 3 aromatic heterocycles. The number of carbonyl (C=O) groups is 1. The van der Waals surface area contributed by atoms with Gasteiger partial charge in [-0.3, -0.25) is 9.89 Å². The van der Waals surface area contributed by atoms with E-state index in [0.717, 1.165) is 33.7 Å². The number of aromatic amines is 1. The smallest absolute Gasteiger partial charge is 0.262 e. The van der Waals surface area contributed by atoms with Gasteiger partial charge in [0.15, 0.2) is 18.1 Å². The minimum absolute atomic E-state index is 0.182. The monoisotopic (exact) mass is 419 g/mol. The number of carbonyl (C=O) groups excluding carboxylic acids is 1. The van der Waals surface area contributed by atoms with E-state index in [9.17, 15) is 4.79 Å². The molecule has 0 aliphatic rings. The highest BCUT2D eigenvalue weighted by molar-refractivity contribution is 5.96. The zero-order valence-electron chi connectivity index (χ0n) is 18.2. The SMILES string of the molecule is Cc1cc(C)c2c(OCC(=O)Nc3ccccc3-c3n[nH]c(C(C)C)n3)nn(C)c2n1. The van der Waals surface area contributed by atoms with Crippen LogP contribution in [0.1, 0.15) is 36.8 Å². The quantitative estimate of drug-likeness (QED) is 0.495. The lowest BCUT2D eigenvalue weighted by atomic mass is 10.1. The number of H-pyrrole nitrogens is 1. The van der Waals surface area contributed by atoms with Crippen LogP contribution in [0.4, 0.5) is 5.69 Å². The van der Waals surface area contributed by atoms with Crippen molar-refractivity contribution in [3.05, 3.63) is 47.4 Å². The average molecular weight is 419 g/mol. The highest BCUT2D eigenvalue weighted by Crippen LogP contribution is 2.28. The molecule has 3 heterocycles. The van der Waals surface area contributed by atoms with Crippen LogP contribution < -0.4 is 10.1 Å². The lowest BCUT2D eigenvalue weighted by Crippen LogP contribution is -2.21. The van der Waals surface area contributed by atoms with Crippen molar-refractivity contribution in [2.75, 3.05) is 11.9 Å². The van der Waals surface area contributed by atoms with E-state index in [0.29, 0.717) is 17.4 Å². The Morgan fingerprint density at radius 1 is 1.23 bits per heavy atom. The van der Waals surface area contributed by atoms with Gasteiger partial charge in [0.2, 0.25) is 5.88 Å². The fraction of sp³-hybridized carbons (Fsp3) is 0.318. The van der Waals surface area contributed by atoms with Crippen LogP contribution in [0.15, 0.2) is 30.3 Å². The van der Waals surface area contributed by atoms with Gasteiger partial charge in [0.05, 0.1) is 11.1 Å². The first-order valence-electron chi connectivity index (χ1n) is 10.1. The Labute approximate surface area is 179 Å². The van der Waals surface area contributed by atoms with E-state index in [1.165, 1.54) is 0 Å². The molecule has 0 radical (unpaired) electrons. The highest BCUT2D eigenvalue weighted by Gasteiger charge is 2.17. The zero-order chi connectivity index (χ0) is 22.1. The van der Waals surface area contributed by atoms with Gasteiger partial charge in [-0.2, -0.15) is 5.10 Å². The molecule has 9 nitrogen and oxygen atoms in total. The fourth-order valence-electron chi connectivity index (χ4n) is 3.41. The summed E-state index contributed by atoms with van der Waals surface area (Å²) < 4.78 is 7.41. The van der Waals surface area contributed by atoms with Crippen LogP contribution in [0.25, 0.3) is 22.4 Å². The Balaban J connectivity index is 1.51. The molecule has 0 saturated heterocycles. The van der Waals surface area contributed by atoms with Crippen molar-refractivity contribution >= 4 is 22.6 Å². The Bertz CT molecular complexity index is 1260.